The van der Waals surface area contributed by atoms with Crippen LogP contribution in [0, 0.1) is 23.6 Å². The highest BCUT2D eigenvalue weighted by Gasteiger charge is 2.56. The second kappa shape index (κ2) is 11.8. The summed E-state index contributed by atoms with van der Waals surface area (Å²) in [5.41, 5.74) is 0.868. The van der Waals surface area contributed by atoms with Gasteiger partial charge in [-0.15, -0.1) is 0 Å². The highest BCUT2D eigenvalue weighted by molar-refractivity contribution is 5.86. The predicted molar refractivity (Wildman–Crippen MR) is 152 cm³/mol. The first-order chi connectivity index (χ1) is 20.2. The fourth-order valence-corrected chi connectivity index (χ4v) is 7.88. The maximum absolute atomic E-state index is 14.1. The molecule has 1 amide bonds. The quantitative estimate of drug-likeness (QED) is 0.332. The highest BCUT2D eigenvalue weighted by atomic mass is 19.4. The molecule has 4 nitrogen and oxygen atoms in total. The molecule has 42 heavy (non-hydrogen) atoms. The summed E-state index contributed by atoms with van der Waals surface area (Å²) < 4.78 is 66.2. The summed E-state index contributed by atoms with van der Waals surface area (Å²) in [6.07, 6.45) is 6.31. The molecule has 2 saturated carbocycles. The number of nitrogens with zero attached hydrogens (tertiary/aromatic N) is 1. The van der Waals surface area contributed by atoms with Gasteiger partial charge in [0.15, 0.2) is 0 Å². The zero-order valence-corrected chi connectivity index (χ0v) is 24.4. The lowest BCUT2D eigenvalue weighted by Crippen LogP contribution is -2.56. The Kier molecular flexibility index (Phi) is 8.29. The average molecular weight is 588 g/mol. The van der Waals surface area contributed by atoms with Gasteiger partial charge in [0.05, 0.1) is 19.3 Å². The van der Waals surface area contributed by atoms with Crippen LogP contribution in [0.2, 0.25) is 0 Å². The number of fused-ring (bicyclic) bond motifs is 1. The second-order valence-corrected chi connectivity index (χ2v) is 12.9. The van der Waals surface area contributed by atoms with Crippen molar-refractivity contribution in [1.29, 1.82) is 0 Å². The molecule has 228 valence electrons. The summed E-state index contributed by atoms with van der Waals surface area (Å²) in [7, 11) is 1.39. The van der Waals surface area contributed by atoms with Gasteiger partial charge in [-0.05, 0) is 110 Å². The zero-order chi connectivity index (χ0) is 29.5. The minimum atomic E-state index is -4.48. The minimum Gasteiger partial charge on any atom is -0.496 e. The third-order valence-corrected chi connectivity index (χ3v) is 10.4. The van der Waals surface area contributed by atoms with Crippen LogP contribution in [-0.2, 0) is 28.7 Å². The van der Waals surface area contributed by atoms with E-state index < -0.39 is 17.3 Å². The smallest absolute Gasteiger partial charge is 0.416 e. The maximum Gasteiger partial charge on any atom is 0.416 e. The van der Waals surface area contributed by atoms with E-state index in [0.717, 1.165) is 56.6 Å². The molecule has 2 heterocycles. The van der Waals surface area contributed by atoms with Gasteiger partial charge in [0.25, 0.3) is 5.91 Å². The summed E-state index contributed by atoms with van der Waals surface area (Å²) in [6.45, 7) is 1.15. The van der Waals surface area contributed by atoms with Crippen LogP contribution < -0.4 is 4.74 Å². The van der Waals surface area contributed by atoms with Crippen molar-refractivity contribution in [3.8, 4) is 5.75 Å². The van der Waals surface area contributed by atoms with Crippen molar-refractivity contribution in [2.24, 2.45) is 17.8 Å². The van der Waals surface area contributed by atoms with Gasteiger partial charge in [0.1, 0.15) is 17.2 Å². The first-order valence-corrected chi connectivity index (χ1v) is 15.6. The Morgan fingerprint density at radius 2 is 1.74 bits per heavy atom. The zero-order valence-electron chi connectivity index (χ0n) is 24.4. The highest BCUT2D eigenvalue weighted by Crippen LogP contribution is 2.50. The fraction of sp³-hybridized carbons (Fsp3) is 0.618. The second-order valence-electron chi connectivity index (χ2n) is 12.9. The van der Waals surface area contributed by atoms with Crippen molar-refractivity contribution >= 4 is 5.91 Å². The molecule has 0 bridgehead atoms. The molecular weight excluding hydrogens is 546 g/mol. The summed E-state index contributed by atoms with van der Waals surface area (Å²) in [5, 5.41) is 0. The molecule has 1 saturated heterocycles. The lowest BCUT2D eigenvalue weighted by molar-refractivity contribution is -0.177. The summed E-state index contributed by atoms with van der Waals surface area (Å²) in [4.78, 5) is 15.9. The maximum atomic E-state index is 14.1. The molecule has 4 atom stereocenters. The number of rotatable bonds is 5. The molecule has 2 unspecified atom stereocenters. The third-order valence-electron chi connectivity index (χ3n) is 10.4. The standard InChI is InChI=1S/C34H41F4NO3/c1-41-31-19-28(34(36,37)38)18-26-20-39(17-15-30(26)31)32(40)33(27-10-11-27)16-14-25(21-42-33)23-5-3-2-4-22(6-7-23)24-8-12-29(35)13-9-24/h8-9,12-13,18-19,22-23,25,27H,2-7,10-11,14-17,20-21H2,1H3/t22?,23?,25-,33+/m1/s1. The Labute approximate surface area is 245 Å². The molecule has 0 spiro atoms. The van der Waals surface area contributed by atoms with Gasteiger partial charge in [-0.1, -0.05) is 31.4 Å². The summed E-state index contributed by atoms with van der Waals surface area (Å²) in [6, 6.07) is 9.20. The molecule has 2 aromatic rings. The van der Waals surface area contributed by atoms with Crippen LogP contribution in [0.25, 0.3) is 0 Å². The molecule has 6 rings (SSSR count). The van der Waals surface area contributed by atoms with E-state index in [1.54, 1.807) is 17.0 Å². The van der Waals surface area contributed by atoms with Gasteiger partial charge in [-0.3, -0.25) is 4.79 Å². The van der Waals surface area contributed by atoms with Crippen molar-refractivity contribution in [2.75, 3.05) is 20.3 Å². The number of hydrogen-bond donors (Lipinski definition) is 0. The Morgan fingerprint density at radius 3 is 2.40 bits per heavy atom. The van der Waals surface area contributed by atoms with Gasteiger partial charge in [-0.2, -0.15) is 13.2 Å². The van der Waals surface area contributed by atoms with Crippen LogP contribution in [0.4, 0.5) is 17.6 Å². The largest absolute Gasteiger partial charge is 0.496 e. The van der Waals surface area contributed by atoms with Crippen molar-refractivity contribution in [3.05, 3.63) is 64.5 Å². The number of ether oxygens (including phenoxy) is 2. The van der Waals surface area contributed by atoms with Crippen LogP contribution in [0.5, 0.6) is 5.75 Å². The molecule has 0 radical (unpaired) electrons. The van der Waals surface area contributed by atoms with Crippen LogP contribution in [0.3, 0.4) is 0 Å². The molecule has 8 heteroatoms. The number of carbonyl (C=O) groups excluding carboxylic acids is 1. The summed E-state index contributed by atoms with van der Waals surface area (Å²) >= 11 is 0. The van der Waals surface area contributed by atoms with E-state index in [0.29, 0.717) is 49.3 Å². The molecule has 0 aromatic heterocycles. The summed E-state index contributed by atoms with van der Waals surface area (Å²) in [5.74, 6) is 1.55. The number of carbonyl (C=O) groups is 1. The fourth-order valence-electron chi connectivity index (χ4n) is 7.88. The van der Waals surface area contributed by atoms with Crippen LogP contribution in [0.1, 0.15) is 92.4 Å². The van der Waals surface area contributed by atoms with E-state index in [1.807, 2.05) is 12.1 Å². The van der Waals surface area contributed by atoms with Crippen molar-refractivity contribution in [3.63, 3.8) is 0 Å². The lowest BCUT2D eigenvalue weighted by atomic mass is 9.73. The van der Waals surface area contributed by atoms with E-state index in [4.69, 9.17) is 9.47 Å². The molecule has 3 fully saturated rings. The van der Waals surface area contributed by atoms with Crippen LogP contribution in [-0.4, -0.2) is 36.7 Å². The van der Waals surface area contributed by atoms with Crippen LogP contribution in [0.15, 0.2) is 36.4 Å². The molecule has 0 N–H and O–H groups in total. The first-order valence-electron chi connectivity index (χ1n) is 15.6. The van der Waals surface area contributed by atoms with E-state index in [1.165, 1.54) is 31.6 Å². The molecule has 2 aliphatic carbocycles. The Bertz CT molecular complexity index is 1260. The van der Waals surface area contributed by atoms with Gasteiger partial charge in [0, 0.05) is 18.7 Å². The Morgan fingerprint density at radius 1 is 0.976 bits per heavy atom. The van der Waals surface area contributed by atoms with Gasteiger partial charge in [-0.25, -0.2) is 4.39 Å². The third kappa shape index (κ3) is 5.93. The predicted octanol–water partition coefficient (Wildman–Crippen LogP) is 8.07. The van der Waals surface area contributed by atoms with E-state index in [-0.39, 0.29) is 29.9 Å². The molecular formula is C34H41F4NO3. The molecule has 2 aromatic carbocycles. The van der Waals surface area contributed by atoms with Crippen molar-refractivity contribution < 1.29 is 31.8 Å². The molecule has 2 aliphatic heterocycles. The monoisotopic (exact) mass is 587 g/mol. The number of halogens is 4. The SMILES string of the molecule is COc1cc(C(F)(F)F)cc2c1CCN(C(=O)[C@@]1(C3CC3)CC[C@@H](C3CCCCC(c4ccc(F)cc4)CC3)CO1)C2. The molecule has 4 aliphatic rings. The van der Waals surface area contributed by atoms with E-state index >= 15 is 0 Å². The Hall–Kier alpha value is -2.61. The Balaban J connectivity index is 1.13. The minimum absolute atomic E-state index is 0.0560. The van der Waals surface area contributed by atoms with Crippen molar-refractivity contribution in [2.45, 2.75) is 94.9 Å². The van der Waals surface area contributed by atoms with Gasteiger partial charge in [0.2, 0.25) is 0 Å². The lowest BCUT2D eigenvalue weighted by Gasteiger charge is -2.45. The topological polar surface area (TPSA) is 38.8 Å². The van der Waals surface area contributed by atoms with Gasteiger partial charge >= 0.3 is 6.18 Å². The van der Waals surface area contributed by atoms with Gasteiger partial charge < -0.3 is 14.4 Å². The first kappa shape index (κ1) is 29.5. The van der Waals surface area contributed by atoms with Crippen molar-refractivity contribution in [1.82, 2.24) is 4.90 Å². The van der Waals surface area contributed by atoms with E-state index in [2.05, 4.69) is 0 Å². The number of methoxy groups -OCH3 is 1. The number of amides is 1. The average Bonchev–Trinajstić information content (AvgIpc) is 3.83. The number of benzene rings is 2. The normalized spacial score (nSPS) is 28.9. The van der Waals surface area contributed by atoms with E-state index in [9.17, 15) is 22.4 Å². The number of hydrogen-bond acceptors (Lipinski definition) is 3. The number of alkyl halides is 3. The van der Waals surface area contributed by atoms with Crippen LogP contribution >= 0.6 is 0 Å².